The molecule has 0 spiro atoms. The average Bonchev–Trinajstić information content (AvgIpc) is 2.34. The van der Waals surface area contributed by atoms with Crippen molar-refractivity contribution in [3.63, 3.8) is 0 Å². The number of benzene rings is 1. The first-order chi connectivity index (χ1) is 9.79. The van der Waals surface area contributed by atoms with E-state index in [0.29, 0.717) is 28.1 Å². The lowest BCUT2D eigenvalue weighted by atomic mass is 10.1. The second-order valence-electron chi connectivity index (χ2n) is 5.98. The fourth-order valence-corrected chi connectivity index (χ4v) is 2.61. The molecule has 21 heavy (non-hydrogen) atoms. The van der Waals surface area contributed by atoms with Crippen molar-refractivity contribution < 1.29 is 4.79 Å². The zero-order valence-electron chi connectivity index (χ0n) is 13.2. The standard InChI is InChI=1S/C16H24Cl2N2O/c1-12(2)10-20(8-7-19(3)4)11-16(21)14-6-5-13(17)9-15(14)18/h5-6,9,12H,7-8,10-11H2,1-4H3. The van der Waals surface area contributed by atoms with Gasteiger partial charge in [-0.3, -0.25) is 9.69 Å². The van der Waals surface area contributed by atoms with Crippen molar-refractivity contribution >= 4 is 29.0 Å². The molecular weight excluding hydrogens is 307 g/mol. The zero-order chi connectivity index (χ0) is 16.0. The Bertz CT molecular complexity index is 475. The third kappa shape index (κ3) is 6.79. The van der Waals surface area contributed by atoms with E-state index in [1.807, 2.05) is 14.1 Å². The number of halogens is 2. The fraction of sp³-hybridized carbons (Fsp3) is 0.562. The molecule has 0 bridgehead atoms. The van der Waals surface area contributed by atoms with Gasteiger partial charge in [-0.05, 0) is 38.2 Å². The Balaban J connectivity index is 2.74. The number of Topliss-reactive ketones (excluding diaryl/α,β-unsaturated/α-hetero) is 1. The van der Waals surface area contributed by atoms with Crippen LogP contribution in [0.3, 0.4) is 0 Å². The van der Waals surface area contributed by atoms with Gasteiger partial charge in [-0.2, -0.15) is 0 Å². The second-order valence-corrected chi connectivity index (χ2v) is 6.82. The van der Waals surface area contributed by atoms with E-state index in [0.717, 1.165) is 19.6 Å². The smallest absolute Gasteiger partial charge is 0.178 e. The van der Waals surface area contributed by atoms with Crippen molar-refractivity contribution in [3.05, 3.63) is 33.8 Å². The highest BCUT2D eigenvalue weighted by Crippen LogP contribution is 2.21. The van der Waals surface area contributed by atoms with E-state index in [2.05, 4.69) is 23.6 Å². The summed E-state index contributed by atoms with van der Waals surface area (Å²) in [4.78, 5) is 16.7. The van der Waals surface area contributed by atoms with E-state index < -0.39 is 0 Å². The van der Waals surface area contributed by atoms with E-state index in [4.69, 9.17) is 23.2 Å². The lowest BCUT2D eigenvalue weighted by Crippen LogP contribution is -2.38. The van der Waals surface area contributed by atoms with Crippen LogP contribution in [0.25, 0.3) is 0 Å². The molecule has 0 saturated carbocycles. The van der Waals surface area contributed by atoms with Crippen LogP contribution in [-0.2, 0) is 0 Å². The van der Waals surface area contributed by atoms with Crippen LogP contribution in [0.1, 0.15) is 24.2 Å². The quantitative estimate of drug-likeness (QED) is 0.679. The lowest BCUT2D eigenvalue weighted by Gasteiger charge is -2.25. The summed E-state index contributed by atoms with van der Waals surface area (Å²) < 4.78 is 0. The van der Waals surface area contributed by atoms with Gasteiger partial charge in [-0.25, -0.2) is 0 Å². The number of carbonyl (C=O) groups is 1. The number of carbonyl (C=O) groups excluding carboxylic acids is 1. The molecule has 3 nitrogen and oxygen atoms in total. The van der Waals surface area contributed by atoms with Crippen LogP contribution in [0.15, 0.2) is 18.2 Å². The Morgan fingerprint density at radius 1 is 1.19 bits per heavy atom. The Labute approximate surface area is 137 Å². The summed E-state index contributed by atoms with van der Waals surface area (Å²) in [5.41, 5.74) is 0.541. The predicted octanol–water partition coefficient (Wildman–Crippen LogP) is 3.70. The van der Waals surface area contributed by atoms with Gasteiger partial charge < -0.3 is 4.90 Å². The molecule has 0 radical (unpaired) electrons. The third-order valence-electron chi connectivity index (χ3n) is 3.09. The first kappa shape index (κ1) is 18.4. The summed E-state index contributed by atoms with van der Waals surface area (Å²) in [6.07, 6.45) is 0. The minimum absolute atomic E-state index is 0.0380. The van der Waals surface area contributed by atoms with Crippen LogP contribution in [0.5, 0.6) is 0 Å². The van der Waals surface area contributed by atoms with Gasteiger partial charge in [0.15, 0.2) is 5.78 Å². The second kappa shape index (κ2) is 8.74. The summed E-state index contributed by atoms with van der Waals surface area (Å²) >= 11 is 12.0. The van der Waals surface area contributed by atoms with Crippen molar-refractivity contribution in [2.24, 2.45) is 5.92 Å². The van der Waals surface area contributed by atoms with E-state index >= 15 is 0 Å². The van der Waals surface area contributed by atoms with Gasteiger partial charge >= 0.3 is 0 Å². The number of hydrogen-bond acceptors (Lipinski definition) is 3. The Morgan fingerprint density at radius 3 is 2.38 bits per heavy atom. The predicted molar refractivity (Wildman–Crippen MR) is 90.6 cm³/mol. The molecule has 0 aliphatic rings. The van der Waals surface area contributed by atoms with Crippen LogP contribution in [0, 0.1) is 5.92 Å². The van der Waals surface area contributed by atoms with Crippen LogP contribution in [-0.4, -0.2) is 55.9 Å². The van der Waals surface area contributed by atoms with Crippen molar-refractivity contribution in [2.45, 2.75) is 13.8 Å². The lowest BCUT2D eigenvalue weighted by molar-refractivity contribution is 0.0916. The molecule has 5 heteroatoms. The molecule has 118 valence electrons. The van der Waals surface area contributed by atoms with Gasteiger partial charge in [0.25, 0.3) is 0 Å². The van der Waals surface area contributed by atoms with Crippen molar-refractivity contribution in [3.8, 4) is 0 Å². The summed E-state index contributed by atoms with van der Waals surface area (Å²) in [6, 6.07) is 5.02. The summed E-state index contributed by atoms with van der Waals surface area (Å²) in [5, 5.41) is 0.966. The number of rotatable bonds is 8. The summed E-state index contributed by atoms with van der Waals surface area (Å²) in [7, 11) is 4.07. The third-order valence-corrected chi connectivity index (χ3v) is 3.63. The number of nitrogens with zero attached hydrogens (tertiary/aromatic N) is 2. The van der Waals surface area contributed by atoms with Gasteiger partial charge in [0.1, 0.15) is 0 Å². The molecule has 0 heterocycles. The molecule has 0 N–H and O–H groups in total. The topological polar surface area (TPSA) is 23.6 Å². The molecule has 1 aromatic rings. The highest BCUT2D eigenvalue weighted by molar-refractivity contribution is 6.36. The molecule has 0 aliphatic heterocycles. The zero-order valence-corrected chi connectivity index (χ0v) is 14.7. The normalized spacial score (nSPS) is 11.7. The first-order valence-corrected chi connectivity index (χ1v) is 7.90. The van der Waals surface area contributed by atoms with E-state index in [-0.39, 0.29) is 5.78 Å². The summed E-state index contributed by atoms with van der Waals surface area (Å²) in [5.74, 6) is 0.553. The SMILES string of the molecule is CC(C)CN(CCN(C)C)CC(=O)c1ccc(Cl)cc1Cl. The van der Waals surface area contributed by atoms with Crippen LogP contribution < -0.4 is 0 Å². The highest BCUT2D eigenvalue weighted by atomic mass is 35.5. The molecule has 0 amide bonds. The van der Waals surface area contributed by atoms with Crippen LogP contribution in [0.4, 0.5) is 0 Å². The van der Waals surface area contributed by atoms with Crippen molar-refractivity contribution in [2.75, 3.05) is 40.3 Å². The van der Waals surface area contributed by atoms with Gasteiger partial charge in [0.2, 0.25) is 0 Å². The Kier molecular flexibility index (Phi) is 7.67. The number of hydrogen-bond donors (Lipinski definition) is 0. The molecular formula is C16H24Cl2N2O. The van der Waals surface area contributed by atoms with Crippen LogP contribution >= 0.6 is 23.2 Å². The maximum absolute atomic E-state index is 12.4. The largest absolute Gasteiger partial charge is 0.308 e. The molecule has 0 aliphatic carbocycles. The maximum atomic E-state index is 12.4. The Morgan fingerprint density at radius 2 is 1.86 bits per heavy atom. The van der Waals surface area contributed by atoms with Gasteiger partial charge in [0.05, 0.1) is 11.6 Å². The average molecular weight is 331 g/mol. The van der Waals surface area contributed by atoms with E-state index in [1.54, 1.807) is 18.2 Å². The summed E-state index contributed by atoms with van der Waals surface area (Å²) in [6.45, 7) is 7.37. The minimum Gasteiger partial charge on any atom is -0.308 e. The van der Waals surface area contributed by atoms with E-state index in [1.165, 1.54) is 0 Å². The number of likely N-dealkylation sites (N-methyl/N-ethyl adjacent to an activating group) is 1. The Hall–Kier alpha value is -0.610. The van der Waals surface area contributed by atoms with Gasteiger partial charge in [-0.1, -0.05) is 37.0 Å². The molecule has 0 fully saturated rings. The van der Waals surface area contributed by atoms with E-state index in [9.17, 15) is 4.79 Å². The highest BCUT2D eigenvalue weighted by Gasteiger charge is 2.16. The van der Waals surface area contributed by atoms with Gasteiger partial charge in [0, 0.05) is 30.2 Å². The molecule has 0 unspecified atom stereocenters. The number of ketones is 1. The molecule has 0 aromatic heterocycles. The maximum Gasteiger partial charge on any atom is 0.178 e. The monoisotopic (exact) mass is 330 g/mol. The molecule has 0 atom stereocenters. The van der Waals surface area contributed by atoms with Crippen molar-refractivity contribution in [1.29, 1.82) is 0 Å². The minimum atomic E-state index is 0.0380. The molecule has 1 aromatic carbocycles. The van der Waals surface area contributed by atoms with Crippen LogP contribution in [0.2, 0.25) is 10.0 Å². The van der Waals surface area contributed by atoms with Gasteiger partial charge in [-0.15, -0.1) is 0 Å². The fourth-order valence-electron chi connectivity index (χ4n) is 2.10. The molecule has 0 saturated heterocycles. The molecule has 1 rings (SSSR count). The van der Waals surface area contributed by atoms with Crippen molar-refractivity contribution in [1.82, 2.24) is 9.80 Å². The first-order valence-electron chi connectivity index (χ1n) is 7.15.